The number of hydrogen-bond acceptors (Lipinski definition) is 6. The molecule has 0 aliphatic heterocycles. The number of halogens is 1. The molecule has 0 aromatic heterocycles. The third kappa shape index (κ3) is 5.88. The first-order valence-corrected chi connectivity index (χ1v) is 10.8. The van der Waals surface area contributed by atoms with Crippen LogP contribution in [0.3, 0.4) is 0 Å². The fourth-order valence-electron chi connectivity index (χ4n) is 2.69. The summed E-state index contributed by atoms with van der Waals surface area (Å²) in [5.41, 5.74) is 0.658. The van der Waals surface area contributed by atoms with E-state index in [4.69, 9.17) is 14.2 Å². The highest BCUT2D eigenvalue weighted by atomic mass is 32.2. The molecule has 2 N–H and O–H groups in total. The van der Waals surface area contributed by atoms with Gasteiger partial charge in [-0.2, -0.15) is 0 Å². The first-order chi connectivity index (χ1) is 15.3. The van der Waals surface area contributed by atoms with Crippen molar-refractivity contribution < 1.29 is 31.8 Å². The summed E-state index contributed by atoms with van der Waals surface area (Å²) in [4.78, 5) is 12.2. The highest BCUT2D eigenvalue weighted by molar-refractivity contribution is 7.92. The van der Waals surface area contributed by atoms with E-state index in [1.807, 2.05) is 0 Å². The maximum Gasteiger partial charge on any atom is 0.262 e. The van der Waals surface area contributed by atoms with Crippen molar-refractivity contribution in [3.8, 4) is 17.2 Å². The van der Waals surface area contributed by atoms with Gasteiger partial charge in [-0.15, -0.1) is 0 Å². The van der Waals surface area contributed by atoms with Crippen LogP contribution in [0.5, 0.6) is 17.2 Å². The van der Waals surface area contributed by atoms with Gasteiger partial charge in [0.05, 0.1) is 24.8 Å². The lowest BCUT2D eigenvalue weighted by Crippen LogP contribution is -2.20. The van der Waals surface area contributed by atoms with Crippen LogP contribution < -0.4 is 24.2 Å². The van der Waals surface area contributed by atoms with Gasteiger partial charge < -0.3 is 19.5 Å². The number of amides is 1. The van der Waals surface area contributed by atoms with Crippen molar-refractivity contribution in [2.75, 3.05) is 30.9 Å². The minimum atomic E-state index is -3.86. The predicted molar refractivity (Wildman–Crippen MR) is 117 cm³/mol. The number of benzene rings is 3. The molecule has 10 heteroatoms. The van der Waals surface area contributed by atoms with Crippen molar-refractivity contribution in [3.63, 3.8) is 0 Å². The van der Waals surface area contributed by atoms with Crippen LogP contribution in [0.25, 0.3) is 0 Å². The van der Waals surface area contributed by atoms with Crippen molar-refractivity contribution in [3.05, 3.63) is 72.5 Å². The first-order valence-electron chi connectivity index (χ1n) is 9.34. The summed E-state index contributed by atoms with van der Waals surface area (Å²) < 4.78 is 56.0. The second-order valence-corrected chi connectivity index (χ2v) is 8.17. The van der Waals surface area contributed by atoms with Crippen LogP contribution in [0.1, 0.15) is 0 Å². The number of carbonyl (C=O) groups excluding carboxylic acids is 1. The quantitative estimate of drug-likeness (QED) is 0.505. The van der Waals surface area contributed by atoms with Gasteiger partial charge in [0.2, 0.25) is 0 Å². The fourth-order valence-corrected chi connectivity index (χ4v) is 3.75. The molecule has 0 bridgehead atoms. The van der Waals surface area contributed by atoms with E-state index in [1.54, 1.807) is 18.2 Å². The van der Waals surface area contributed by atoms with Crippen LogP contribution in [0.2, 0.25) is 0 Å². The van der Waals surface area contributed by atoms with E-state index in [-0.39, 0.29) is 17.2 Å². The summed E-state index contributed by atoms with van der Waals surface area (Å²) in [6, 6.07) is 15.5. The molecule has 0 unspecified atom stereocenters. The average Bonchev–Trinajstić information content (AvgIpc) is 2.79. The Morgan fingerprint density at radius 1 is 0.906 bits per heavy atom. The Hall–Kier alpha value is -3.79. The summed E-state index contributed by atoms with van der Waals surface area (Å²) in [6.07, 6.45) is 0. The van der Waals surface area contributed by atoms with Crippen molar-refractivity contribution in [2.24, 2.45) is 0 Å². The molecular weight excluding hydrogens is 439 g/mol. The first kappa shape index (κ1) is 22.9. The average molecular weight is 460 g/mol. The van der Waals surface area contributed by atoms with Crippen molar-refractivity contribution in [2.45, 2.75) is 4.90 Å². The number of sulfonamides is 1. The Morgan fingerprint density at radius 2 is 1.56 bits per heavy atom. The third-order valence-corrected chi connectivity index (χ3v) is 5.68. The molecule has 3 aromatic carbocycles. The number of anilines is 2. The maximum absolute atomic E-state index is 13.0. The molecule has 0 aliphatic rings. The van der Waals surface area contributed by atoms with Gasteiger partial charge in [0.1, 0.15) is 23.1 Å². The molecule has 0 fully saturated rings. The standard InChI is InChI=1S/C22H21FN2O6S/c1-29-18-9-12-21(30-2)20(13-18)24-22(26)14-31-17-7-10-19(11-8-17)32(27,28)25-16-5-3-15(23)4-6-16/h3-13,25H,14H2,1-2H3,(H,24,26). The molecule has 0 spiro atoms. The highest BCUT2D eigenvalue weighted by Crippen LogP contribution is 2.29. The molecule has 0 radical (unpaired) electrons. The second kappa shape index (κ2) is 10.0. The van der Waals surface area contributed by atoms with E-state index in [9.17, 15) is 17.6 Å². The molecule has 3 rings (SSSR count). The van der Waals surface area contributed by atoms with Crippen molar-refractivity contribution in [1.29, 1.82) is 0 Å². The smallest absolute Gasteiger partial charge is 0.262 e. The van der Waals surface area contributed by atoms with E-state index < -0.39 is 21.7 Å². The molecule has 0 saturated heterocycles. The molecule has 0 atom stereocenters. The molecule has 3 aromatic rings. The lowest BCUT2D eigenvalue weighted by molar-refractivity contribution is -0.118. The maximum atomic E-state index is 13.0. The molecule has 1 amide bonds. The Labute approximate surface area is 185 Å². The topological polar surface area (TPSA) is 103 Å². The van der Waals surface area contributed by atoms with Crippen LogP contribution in [0.4, 0.5) is 15.8 Å². The predicted octanol–water partition coefficient (Wildman–Crippen LogP) is 3.66. The van der Waals surface area contributed by atoms with Gasteiger partial charge in [0, 0.05) is 11.8 Å². The fraction of sp³-hybridized carbons (Fsp3) is 0.136. The Bertz CT molecular complexity index is 1180. The number of rotatable bonds is 9. The van der Waals surface area contributed by atoms with E-state index in [0.29, 0.717) is 22.9 Å². The number of nitrogens with one attached hydrogen (secondary N) is 2. The third-order valence-electron chi connectivity index (χ3n) is 4.28. The number of hydrogen-bond donors (Lipinski definition) is 2. The van der Waals surface area contributed by atoms with Gasteiger partial charge in [-0.3, -0.25) is 9.52 Å². The van der Waals surface area contributed by atoms with E-state index >= 15 is 0 Å². The summed E-state index contributed by atoms with van der Waals surface area (Å²) in [6.45, 7) is -0.305. The molecule has 0 saturated carbocycles. The van der Waals surface area contributed by atoms with Gasteiger partial charge in [-0.05, 0) is 60.7 Å². The van der Waals surface area contributed by atoms with Crippen LogP contribution in [-0.2, 0) is 14.8 Å². The van der Waals surface area contributed by atoms with E-state index in [1.165, 1.54) is 50.6 Å². The van der Waals surface area contributed by atoms with Crippen LogP contribution >= 0.6 is 0 Å². The molecule has 8 nitrogen and oxygen atoms in total. The van der Waals surface area contributed by atoms with Crippen LogP contribution in [0.15, 0.2) is 71.6 Å². The molecule has 0 heterocycles. The van der Waals surface area contributed by atoms with Gasteiger partial charge >= 0.3 is 0 Å². The SMILES string of the molecule is COc1ccc(OC)c(NC(=O)COc2ccc(S(=O)(=O)Nc3ccc(F)cc3)cc2)c1. The summed E-state index contributed by atoms with van der Waals surface area (Å²) in [5, 5.41) is 2.67. The molecule has 32 heavy (non-hydrogen) atoms. The summed E-state index contributed by atoms with van der Waals surface area (Å²) >= 11 is 0. The zero-order valence-corrected chi connectivity index (χ0v) is 18.1. The van der Waals surface area contributed by atoms with Gasteiger partial charge in [-0.1, -0.05) is 0 Å². The van der Waals surface area contributed by atoms with Crippen molar-refractivity contribution in [1.82, 2.24) is 0 Å². The lowest BCUT2D eigenvalue weighted by atomic mass is 10.2. The molecular formula is C22H21FN2O6S. The number of ether oxygens (including phenoxy) is 3. The molecule has 0 aliphatic carbocycles. The van der Waals surface area contributed by atoms with Gasteiger partial charge in [0.15, 0.2) is 6.61 Å². The van der Waals surface area contributed by atoms with Crippen LogP contribution in [0, 0.1) is 5.82 Å². The minimum absolute atomic E-state index is 0.0141. The summed E-state index contributed by atoms with van der Waals surface area (Å²) in [5.74, 6) is 0.406. The van der Waals surface area contributed by atoms with Gasteiger partial charge in [-0.25, -0.2) is 12.8 Å². The Kier molecular flexibility index (Phi) is 7.16. The summed E-state index contributed by atoms with van der Waals surface area (Å²) in [7, 11) is -0.872. The lowest BCUT2D eigenvalue weighted by Gasteiger charge is -2.12. The van der Waals surface area contributed by atoms with E-state index in [2.05, 4.69) is 10.0 Å². The van der Waals surface area contributed by atoms with Crippen molar-refractivity contribution >= 4 is 27.3 Å². The Balaban J connectivity index is 1.60. The zero-order chi connectivity index (χ0) is 23.1. The van der Waals surface area contributed by atoms with E-state index in [0.717, 1.165) is 12.1 Å². The largest absolute Gasteiger partial charge is 0.497 e. The highest BCUT2D eigenvalue weighted by Gasteiger charge is 2.15. The second-order valence-electron chi connectivity index (χ2n) is 6.49. The number of carbonyl (C=O) groups is 1. The Morgan fingerprint density at radius 3 is 2.19 bits per heavy atom. The minimum Gasteiger partial charge on any atom is -0.497 e. The molecule has 168 valence electrons. The van der Waals surface area contributed by atoms with Gasteiger partial charge in [0.25, 0.3) is 15.9 Å². The number of methoxy groups -OCH3 is 2. The monoisotopic (exact) mass is 460 g/mol. The normalized spacial score (nSPS) is 10.8. The zero-order valence-electron chi connectivity index (χ0n) is 17.3. The van der Waals surface area contributed by atoms with Crippen LogP contribution in [-0.4, -0.2) is 35.2 Å².